The Morgan fingerprint density at radius 3 is 2.84 bits per heavy atom. The number of fused-ring (bicyclic) bond motifs is 1. The number of imidazole rings is 1. The summed E-state index contributed by atoms with van der Waals surface area (Å²) in [6.45, 7) is 2.87. The van der Waals surface area contributed by atoms with Crippen LogP contribution in [-0.2, 0) is 6.54 Å². The van der Waals surface area contributed by atoms with Crippen molar-refractivity contribution in [3.63, 3.8) is 0 Å². The number of hydrogen-bond donors (Lipinski definition) is 0. The van der Waals surface area contributed by atoms with Gasteiger partial charge in [-0.2, -0.15) is 0 Å². The molecule has 0 amide bonds. The average molecular weight is 281 g/mol. The fourth-order valence-corrected chi connectivity index (χ4v) is 3.23. The Morgan fingerprint density at radius 1 is 1.42 bits per heavy atom. The third-order valence-electron chi connectivity index (χ3n) is 4.01. The summed E-state index contributed by atoms with van der Waals surface area (Å²) < 4.78 is 15.5. The lowest BCUT2D eigenvalue weighted by molar-refractivity contribution is 0.454. The lowest BCUT2D eigenvalue weighted by Crippen LogP contribution is -2.11. The molecule has 0 bridgehead atoms. The second kappa shape index (κ2) is 5.12. The maximum absolute atomic E-state index is 13.3. The largest absolute Gasteiger partial charge is 0.326 e. The first kappa shape index (κ1) is 12.9. The van der Waals surface area contributed by atoms with Crippen LogP contribution < -0.4 is 0 Å². The van der Waals surface area contributed by atoms with Gasteiger partial charge in [-0.1, -0.05) is 12.8 Å². The molecule has 102 valence electrons. The molecule has 1 aliphatic carbocycles. The summed E-state index contributed by atoms with van der Waals surface area (Å²) in [6, 6.07) is 4.80. The van der Waals surface area contributed by atoms with Gasteiger partial charge in [0.1, 0.15) is 11.6 Å². The predicted molar refractivity (Wildman–Crippen MR) is 75.9 cm³/mol. The molecule has 0 spiro atoms. The van der Waals surface area contributed by atoms with Gasteiger partial charge < -0.3 is 4.57 Å². The molecular formula is C15H18ClFN2. The summed E-state index contributed by atoms with van der Waals surface area (Å²) in [7, 11) is 0. The Balaban J connectivity index is 2.05. The van der Waals surface area contributed by atoms with E-state index in [1.807, 2.05) is 13.0 Å². The SMILES string of the molecule is CC(Cl)c1nc2cc(F)ccc2n1CC1CCCC1. The summed E-state index contributed by atoms with van der Waals surface area (Å²) in [5, 5.41) is -0.156. The zero-order chi connectivity index (χ0) is 13.4. The fourth-order valence-electron chi connectivity index (χ4n) is 3.07. The van der Waals surface area contributed by atoms with Crippen LogP contribution in [0.3, 0.4) is 0 Å². The highest BCUT2D eigenvalue weighted by molar-refractivity contribution is 6.20. The van der Waals surface area contributed by atoms with Gasteiger partial charge in [0.05, 0.1) is 16.4 Å². The highest BCUT2D eigenvalue weighted by atomic mass is 35.5. The van der Waals surface area contributed by atoms with E-state index in [2.05, 4.69) is 9.55 Å². The minimum absolute atomic E-state index is 0.156. The van der Waals surface area contributed by atoms with Crippen molar-refractivity contribution in [3.05, 3.63) is 29.8 Å². The molecule has 19 heavy (non-hydrogen) atoms. The number of rotatable bonds is 3. The predicted octanol–water partition coefficient (Wildman–Crippen LogP) is 4.67. The molecule has 1 aromatic heterocycles. The minimum atomic E-state index is -0.244. The number of nitrogens with zero attached hydrogens (tertiary/aromatic N) is 2. The van der Waals surface area contributed by atoms with E-state index < -0.39 is 0 Å². The summed E-state index contributed by atoms with van der Waals surface area (Å²) in [4.78, 5) is 4.51. The number of alkyl halides is 1. The Morgan fingerprint density at radius 2 is 2.16 bits per heavy atom. The Hall–Kier alpha value is -1.09. The van der Waals surface area contributed by atoms with Crippen LogP contribution in [0.15, 0.2) is 18.2 Å². The van der Waals surface area contributed by atoms with Crippen molar-refractivity contribution in [1.82, 2.24) is 9.55 Å². The van der Waals surface area contributed by atoms with Gasteiger partial charge in [0.15, 0.2) is 0 Å². The van der Waals surface area contributed by atoms with Gasteiger partial charge in [0.2, 0.25) is 0 Å². The molecule has 1 atom stereocenters. The molecule has 0 saturated heterocycles. The zero-order valence-corrected chi connectivity index (χ0v) is 11.8. The molecule has 0 N–H and O–H groups in total. The molecule has 0 aliphatic heterocycles. The molecule has 2 aromatic rings. The Bertz CT molecular complexity index is 585. The lowest BCUT2D eigenvalue weighted by Gasteiger charge is -2.15. The summed E-state index contributed by atoms with van der Waals surface area (Å²) >= 11 is 6.23. The molecule has 1 aromatic carbocycles. The van der Waals surface area contributed by atoms with Gasteiger partial charge in [0, 0.05) is 12.6 Å². The van der Waals surface area contributed by atoms with E-state index in [4.69, 9.17) is 11.6 Å². The number of halogens is 2. The summed E-state index contributed by atoms with van der Waals surface area (Å²) in [6.07, 6.45) is 5.18. The third kappa shape index (κ3) is 2.48. The van der Waals surface area contributed by atoms with Crippen LogP contribution in [0.1, 0.15) is 43.8 Å². The van der Waals surface area contributed by atoms with Crippen LogP contribution in [0.2, 0.25) is 0 Å². The maximum Gasteiger partial charge on any atom is 0.127 e. The van der Waals surface area contributed by atoms with Crippen molar-refractivity contribution in [3.8, 4) is 0 Å². The van der Waals surface area contributed by atoms with Gasteiger partial charge in [-0.25, -0.2) is 9.37 Å². The third-order valence-corrected chi connectivity index (χ3v) is 4.21. The molecule has 1 heterocycles. The van der Waals surface area contributed by atoms with Crippen molar-refractivity contribution < 1.29 is 4.39 Å². The van der Waals surface area contributed by atoms with Gasteiger partial charge >= 0.3 is 0 Å². The molecule has 4 heteroatoms. The molecule has 1 aliphatic rings. The molecular weight excluding hydrogens is 263 g/mol. The quantitative estimate of drug-likeness (QED) is 0.747. The zero-order valence-electron chi connectivity index (χ0n) is 11.1. The lowest BCUT2D eigenvalue weighted by atomic mass is 10.1. The second-order valence-electron chi connectivity index (χ2n) is 5.48. The minimum Gasteiger partial charge on any atom is -0.326 e. The van der Waals surface area contributed by atoms with E-state index in [0.717, 1.165) is 17.9 Å². The van der Waals surface area contributed by atoms with Crippen LogP contribution in [0.5, 0.6) is 0 Å². The monoisotopic (exact) mass is 280 g/mol. The van der Waals surface area contributed by atoms with Crippen molar-refractivity contribution in [2.75, 3.05) is 0 Å². The van der Waals surface area contributed by atoms with Crippen LogP contribution in [0.25, 0.3) is 11.0 Å². The van der Waals surface area contributed by atoms with Gasteiger partial charge in [0.25, 0.3) is 0 Å². The van der Waals surface area contributed by atoms with Crippen molar-refractivity contribution in [2.45, 2.75) is 44.5 Å². The molecule has 2 nitrogen and oxygen atoms in total. The summed E-state index contributed by atoms with van der Waals surface area (Å²) in [5.74, 6) is 1.32. The first-order valence-corrected chi connectivity index (χ1v) is 7.38. The van der Waals surface area contributed by atoms with Crippen LogP contribution in [0, 0.1) is 11.7 Å². The molecule has 1 unspecified atom stereocenters. The van der Waals surface area contributed by atoms with E-state index in [1.54, 1.807) is 0 Å². The number of benzene rings is 1. The highest BCUT2D eigenvalue weighted by Gasteiger charge is 2.21. The van der Waals surface area contributed by atoms with E-state index >= 15 is 0 Å². The first-order chi connectivity index (χ1) is 9.15. The fraction of sp³-hybridized carbons (Fsp3) is 0.533. The van der Waals surface area contributed by atoms with E-state index in [9.17, 15) is 4.39 Å². The number of hydrogen-bond acceptors (Lipinski definition) is 1. The highest BCUT2D eigenvalue weighted by Crippen LogP contribution is 2.31. The first-order valence-electron chi connectivity index (χ1n) is 6.95. The normalized spacial score (nSPS) is 18.3. The maximum atomic E-state index is 13.3. The topological polar surface area (TPSA) is 17.8 Å². The molecule has 1 fully saturated rings. The van der Waals surface area contributed by atoms with Crippen molar-refractivity contribution >= 4 is 22.6 Å². The van der Waals surface area contributed by atoms with E-state index in [1.165, 1.54) is 37.8 Å². The second-order valence-corrected chi connectivity index (χ2v) is 6.13. The van der Waals surface area contributed by atoms with E-state index in [-0.39, 0.29) is 11.2 Å². The van der Waals surface area contributed by atoms with E-state index in [0.29, 0.717) is 11.4 Å². The number of aromatic nitrogens is 2. The van der Waals surface area contributed by atoms with Crippen molar-refractivity contribution in [1.29, 1.82) is 0 Å². The average Bonchev–Trinajstić information content (AvgIpc) is 2.97. The van der Waals surface area contributed by atoms with Crippen LogP contribution >= 0.6 is 11.6 Å². The van der Waals surface area contributed by atoms with Crippen LogP contribution in [0.4, 0.5) is 4.39 Å². The van der Waals surface area contributed by atoms with Gasteiger partial charge in [-0.05, 0) is 37.8 Å². The Kier molecular flexibility index (Phi) is 3.48. The summed E-state index contributed by atoms with van der Waals surface area (Å²) in [5.41, 5.74) is 1.70. The van der Waals surface area contributed by atoms with Crippen LogP contribution in [-0.4, -0.2) is 9.55 Å². The standard InChI is InChI=1S/C15H18ClFN2/c1-10(16)15-18-13-8-12(17)6-7-14(13)19(15)9-11-4-2-3-5-11/h6-8,10-11H,2-5,9H2,1H3. The van der Waals surface area contributed by atoms with Crippen molar-refractivity contribution in [2.24, 2.45) is 5.92 Å². The Labute approximate surface area is 117 Å². The molecule has 1 saturated carbocycles. The smallest absolute Gasteiger partial charge is 0.127 e. The van der Waals surface area contributed by atoms with Gasteiger partial charge in [-0.3, -0.25) is 0 Å². The van der Waals surface area contributed by atoms with Gasteiger partial charge in [-0.15, -0.1) is 11.6 Å². The molecule has 3 rings (SSSR count). The molecule has 0 radical (unpaired) electrons.